The fraction of sp³-hybridized carbons (Fsp3) is 0.562. The Morgan fingerprint density at radius 1 is 1.38 bits per heavy atom. The maximum absolute atomic E-state index is 11.2. The van der Waals surface area contributed by atoms with Crippen molar-refractivity contribution in [3.8, 4) is 11.5 Å². The molecule has 1 aliphatic rings. The number of carboxylic acid groups (broad SMARTS) is 1. The molecule has 1 aromatic carbocycles. The van der Waals surface area contributed by atoms with Gasteiger partial charge < -0.3 is 14.9 Å². The fourth-order valence-corrected chi connectivity index (χ4v) is 2.60. The summed E-state index contributed by atoms with van der Waals surface area (Å²) in [6.45, 7) is 6.50. The topological polar surface area (TPSA) is 70.0 Å². The van der Waals surface area contributed by atoms with Gasteiger partial charge in [0.1, 0.15) is 0 Å². The number of aromatic hydroxyl groups is 1. The summed E-state index contributed by atoms with van der Waals surface area (Å²) in [6.07, 6.45) is 1.33. The lowest BCUT2D eigenvalue weighted by Crippen LogP contribution is -2.42. The molecule has 1 saturated heterocycles. The molecule has 1 aromatic rings. The van der Waals surface area contributed by atoms with Crippen LogP contribution in [-0.2, 0) is 11.3 Å². The van der Waals surface area contributed by atoms with E-state index in [1.165, 1.54) is 0 Å². The van der Waals surface area contributed by atoms with Gasteiger partial charge in [0.25, 0.3) is 0 Å². The van der Waals surface area contributed by atoms with E-state index in [0.717, 1.165) is 25.2 Å². The van der Waals surface area contributed by atoms with Gasteiger partial charge in [-0.3, -0.25) is 9.69 Å². The van der Waals surface area contributed by atoms with Crippen LogP contribution in [-0.4, -0.2) is 40.8 Å². The zero-order chi connectivity index (χ0) is 15.5. The van der Waals surface area contributed by atoms with Crippen LogP contribution in [0.1, 0.15) is 32.3 Å². The minimum Gasteiger partial charge on any atom is -0.504 e. The first-order valence-electron chi connectivity index (χ1n) is 7.35. The zero-order valence-corrected chi connectivity index (χ0v) is 12.6. The number of aliphatic carboxylic acids is 1. The Balaban J connectivity index is 1.97. The third kappa shape index (κ3) is 3.67. The van der Waals surface area contributed by atoms with Crippen LogP contribution in [0.2, 0.25) is 0 Å². The average Bonchev–Trinajstić information content (AvgIpc) is 2.45. The SMILES string of the molecule is CCOc1cc(CN2CCC(C)(C(=O)O)CC2)ccc1O. The van der Waals surface area contributed by atoms with E-state index in [2.05, 4.69) is 4.90 Å². The standard InChI is InChI=1S/C16H23NO4/c1-3-21-14-10-12(4-5-13(14)18)11-17-8-6-16(2,7-9-17)15(19)20/h4-5,10,18H,3,6-9,11H2,1-2H3,(H,19,20). The molecular formula is C16H23NO4. The number of phenols is 1. The summed E-state index contributed by atoms with van der Waals surface area (Å²) < 4.78 is 5.38. The van der Waals surface area contributed by atoms with Crippen LogP contribution in [0.15, 0.2) is 18.2 Å². The van der Waals surface area contributed by atoms with Crippen molar-refractivity contribution in [3.05, 3.63) is 23.8 Å². The highest BCUT2D eigenvalue weighted by Crippen LogP contribution is 2.32. The van der Waals surface area contributed by atoms with Crippen LogP contribution >= 0.6 is 0 Å². The second-order valence-corrected chi connectivity index (χ2v) is 5.88. The van der Waals surface area contributed by atoms with Gasteiger partial charge in [0, 0.05) is 6.54 Å². The molecule has 0 radical (unpaired) electrons. The lowest BCUT2D eigenvalue weighted by Gasteiger charge is -2.36. The Morgan fingerprint density at radius 2 is 2.05 bits per heavy atom. The predicted octanol–water partition coefficient (Wildman–Crippen LogP) is 2.48. The second kappa shape index (κ2) is 6.35. The third-order valence-corrected chi connectivity index (χ3v) is 4.21. The molecule has 0 unspecified atom stereocenters. The van der Waals surface area contributed by atoms with Crippen LogP contribution in [0.4, 0.5) is 0 Å². The summed E-state index contributed by atoms with van der Waals surface area (Å²) in [7, 11) is 0. The number of ether oxygens (including phenoxy) is 1. The van der Waals surface area contributed by atoms with E-state index in [0.29, 0.717) is 25.2 Å². The first kappa shape index (κ1) is 15.6. The summed E-state index contributed by atoms with van der Waals surface area (Å²) in [5, 5.41) is 18.9. The lowest BCUT2D eigenvalue weighted by atomic mass is 9.80. The van der Waals surface area contributed by atoms with Crippen LogP contribution < -0.4 is 4.74 Å². The Bertz CT molecular complexity index is 507. The molecule has 1 heterocycles. The molecule has 0 amide bonds. The normalized spacial score (nSPS) is 18.4. The highest BCUT2D eigenvalue weighted by atomic mass is 16.5. The molecule has 0 spiro atoms. The molecule has 0 aromatic heterocycles. The van der Waals surface area contributed by atoms with E-state index >= 15 is 0 Å². The van der Waals surface area contributed by atoms with Gasteiger partial charge >= 0.3 is 5.97 Å². The largest absolute Gasteiger partial charge is 0.504 e. The Labute approximate surface area is 125 Å². The molecule has 1 aliphatic heterocycles. The number of carboxylic acids is 1. The smallest absolute Gasteiger partial charge is 0.309 e. The quantitative estimate of drug-likeness (QED) is 0.873. The fourth-order valence-electron chi connectivity index (χ4n) is 2.60. The van der Waals surface area contributed by atoms with Crippen molar-refractivity contribution in [3.63, 3.8) is 0 Å². The molecule has 21 heavy (non-hydrogen) atoms. The summed E-state index contributed by atoms with van der Waals surface area (Å²) in [6, 6.07) is 5.37. The van der Waals surface area contributed by atoms with Gasteiger partial charge in [0.15, 0.2) is 11.5 Å². The zero-order valence-electron chi connectivity index (χ0n) is 12.6. The van der Waals surface area contributed by atoms with Gasteiger partial charge in [0.05, 0.1) is 12.0 Å². The molecule has 5 nitrogen and oxygen atoms in total. The van der Waals surface area contributed by atoms with Crippen molar-refractivity contribution in [2.24, 2.45) is 5.41 Å². The first-order chi connectivity index (χ1) is 9.94. The Kier molecular flexibility index (Phi) is 4.73. The van der Waals surface area contributed by atoms with Crippen LogP contribution in [0, 0.1) is 5.41 Å². The minimum absolute atomic E-state index is 0.151. The Morgan fingerprint density at radius 3 is 2.62 bits per heavy atom. The van der Waals surface area contributed by atoms with E-state index in [-0.39, 0.29) is 5.75 Å². The minimum atomic E-state index is -0.703. The number of hydrogen-bond donors (Lipinski definition) is 2. The van der Waals surface area contributed by atoms with E-state index in [9.17, 15) is 15.0 Å². The molecule has 1 fully saturated rings. The molecule has 0 saturated carbocycles. The highest BCUT2D eigenvalue weighted by Gasteiger charge is 2.36. The number of benzene rings is 1. The molecule has 2 N–H and O–H groups in total. The molecule has 0 aliphatic carbocycles. The molecule has 2 rings (SSSR count). The van der Waals surface area contributed by atoms with Crippen molar-refractivity contribution in [1.82, 2.24) is 4.90 Å². The van der Waals surface area contributed by atoms with Gasteiger partial charge in [0.2, 0.25) is 0 Å². The summed E-state index contributed by atoms with van der Waals surface area (Å²) in [5.74, 6) is -0.0505. The van der Waals surface area contributed by atoms with E-state index in [1.54, 1.807) is 6.07 Å². The summed E-state index contributed by atoms with van der Waals surface area (Å²) >= 11 is 0. The average molecular weight is 293 g/mol. The van der Waals surface area contributed by atoms with Gasteiger partial charge in [-0.2, -0.15) is 0 Å². The van der Waals surface area contributed by atoms with E-state index in [1.807, 2.05) is 26.0 Å². The van der Waals surface area contributed by atoms with Gasteiger partial charge in [-0.25, -0.2) is 0 Å². The molecular weight excluding hydrogens is 270 g/mol. The number of hydrogen-bond acceptors (Lipinski definition) is 4. The molecule has 5 heteroatoms. The maximum Gasteiger partial charge on any atom is 0.309 e. The number of piperidine rings is 1. The number of phenolic OH excluding ortho intramolecular Hbond substituents is 1. The van der Waals surface area contributed by atoms with Crippen LogP contribution in [0.25, 0.3) is 0 Å². The Hall–Kier alpha value is -1.75. The maximum atomic E-state index is 11.2. The summed E-state index contributed by atoms with van der Waals surface area (Å²) in [5.41, 5.74) is 0.470. The number of rotatable bonds is 5. The van der Waals surface area contributed by atoms with Crippen molar-refractivity contribution in [1.29, 1.82) is 0 Å². The predicted molar refractivity (Wildman–Crippen MR) is 79.5 cm³/mol. The van der Waals surface area contributed by atoms with Crippen molar-refractivity contribution < 1.29 is 19.7 Å². The number of likely N-dealkylation sites (tertiary alicyclic amines) is 1. The monoisotopic (exact) mass is 293 g/mol. The molecule has 0 bridgehead atoms. The first-order valence-corrected chi connectivity index (χ1v) is 7.35. The van der Waals surface area contributed by atoms with Gasteiger partial charge in [-0.15, -0.1) is 0 Å². The highest BCUT2D eigenvalue weighted by molar-refractivity contribution is 5.74. The summed E-state index contributed by atoms with van der Waals surface area (Å²) in [4.78, 5) is 13.5. The van der Waals surface area contributed by atoms with Crippen molar-refractivity contribution in [2.45, 2.75) is 33.2 Å². The van der Waals surface area contributed by atoms with E-state index < -0.39 is 11.4 Å². The third-order valence-electron chi connectivity index (χ3n) is 4.21. The van der Waals surface area contributed by atoms with Gasteiger partial charge in [-0.1, -0.05) is 6.07 Å². The second-order valence-electron chi connectivity index (χ2n) is 5.88. The number of carbonyl (C=O) groups is 1. The molecule has 0 atom stereocenters. The molecule has 116 valence electrons. The lowest BCUT2D eigenvalue weighted by molar-refractivity contribution is -0.150. The van der Waals surface area contributed by atoms with Crippen LogP contribution in [0.3, 0.4) is 0 Å². The number of nitrogens with zero attached hydrogens (tertiary/aromatic N) is 1. The van der Waals surface area contributed by atoms with Gasteiger partial charge in [-0.05, 0) is 57.5 Å². The van der Waals surface area contributed by atoms with E-state index in [4.69, 9.17) is 4.74 Å². The van der Waals surface area contributed by atoms with Crippen LogP contribution in [0.5, 0.6) is 11.5 Å². The van der Waals surface area contributed by atoms with Crippen molar-refractivity contribution >= 4 is 5.97 Å². The van der Waals surface area contributed by atoms with Crippen molar-refractivity contribution in [2.75, 3.05) is 19.7 Å².